The molecule has 3 aromatic heterocycles. The van der Waals surface area contributed by atoms with Gasteiger partial charge in [-0.05, 0) is 19.1 Å². The first-order chi connectivity index (χ1) is 8.34. The summed E-state index contributed by atoms with van der Waals surface area (Å²) in [6.07, 6.45) is 3.75. The Hall–Kier alpha value is -1.95. The molecule has 0 aliphatic carbocycles. The molecule has 0 atom stereocenters. The SMILES string of the molecule is Cc1nc2ccccn2c1CNc1cnns1. The molecule has 0 radical (unpaired) electrons. The fourth-order valence-corrected chi connectivity index (χ4v) is 2.21. The van der Waals surface area contributed by atoms with Crippen LogP contribution in [0.2, 0.25) is 0 Å². The molecule has 1 N–H and O–H groups in total. The van der Waals surface area contributed by atoms with Gasteiger partial charge in [-0.15, -0.1) is 5.10 Å². The second-order valence-electron chi connectivity index (χ2n) is 3.71. The second-order valence-corrected chi connectivity index (χ2v) is 4.49. The van der Waals surface area contributed by atoms with Crippen molar-refractivity contribution in [2.75, 3.05) is 5.32 Å². The standard InChI is InChI=1S/C11H11N5S/c1-8-9(6-12-11-7-13-15-17-11)16-5-3-2-4-10(16)14-8/h2-5,7,12H,6H2,1H3. The Kier molecular flexibility index (Phi) is 2.49. The molecular weight excluding hydrogens is 234 g/mol. The molecule has 3 heterocycles. The summed E-state index contributed by atoms with van der Waals surface area (Å²) in [4.78, 5) is 4.51. The number of nitrogens with one attached hydrogen (secondary N) is 1. The molecule has 0 spiro atoms. The molecule has 0 aromatic carbocycles. The summed E-state index contributed by atoms with van der Waals surface area (Å²) < 4.78 is 5.91. The fraction of sp³-hybridized carbons (Fsp3) is 0.182. The van der Waals surface area contributed by atoms with Crippen LogP contribution in [0.3, 0.4) is 0 Å². The maximum absolute atomic E-state index is 4.51. The van der Waals surface area contributed by atoms with Crippen LogP contribution in [0.5, 0.6) is 0 Å². The van der Waals surface area contributed by atoms with Gasteiger partial charge in [-0.25, -0.2) is 4.98 Å². The number of nitrogens with zero attached hydrogens (tertiary/aromatic N) is 4. The molecule has 86 valence electrons. The van der Waals surface area contributed by atoms with E-state index in [1.165, 1.54) is 11.5 Å². The molecule has 0 fully saturated rings. The molecule has 0 saturated carbocycles. The molecule has 0 aliphatic heterocycles. The number of aromatic nitrogens is 4. The van der Waals surface area contributed by atoms with Crippen LogP contribution < -0.4 is 5.32 Å². The van der Waals surface area contributed by atoms with Gasteiger partial charge in [-0.1, -0.05) is 10.6 Å². The monoisotopic (exact) mass is 245 g/mol. The van der Waals surface area contributed by atoms with Crippen molar-refractivity contribution in [1.82, 2.24) is 19.0 Å². The smallest absolute Gasteiger partial charge is 0.137 e. The van der Waals surface area contributed by atoms with E-state index in [4.69, 9.17) is 0 Å². The van der Waals surface area contributed by atoms with Crippen molar-refractivity contribution >= 4 is 22.2 Å². The van der Waals surface area contributed by atoms with Crippen LogP contribution in [0.1, 0.15) is 11.4 Å². The van der Waals surface area contributed by atoms with Gasteiger partial charge in [-0.3, -0.25) is 0 Å². The Bertz CT molecular complexity index is 628. The van der Waals surface area contributed by atoms with Crippen molar-refractivity contribution in [1.29, 1.82) is 0 Å². The number of hydrogen-bond acceptors (Lipinski definition) is 5. The van der Waals surface area contributed by atoms with E-state index in [1.54, 1.807) is 6.20 Å². The highest BCUT2D eigenvalue weighted by atomic mass is 32.1. The minimum atomic E-state index is 0.723. The number of hydrogen-bond donors (Lipinski definition) is 1. The third-order valence-corrected chi connectivity index (χ3v) is 3.24. The number of pyridine rings is 1. The van der Waals surface area contributed by atoms with Crippen LogP contribution in [0.15, 0.2) is 30.6 Å². The zero-order valence-corrected chi connectivity index (χ0v) is 10.1. The largest absolute Gasteiger partial charge is 0.369 e. The zero-order chi connectivity index (χ0) is 11.7. The Balaban J connectivity index is 1.92. The third kappa shape index (κ3) is 1.87. The molecule has 0 aliphatic rings. The van der Waals surface area contributed by atoms with Crippen LogP contribution >= 0.6 is 11.5 Å². The number of fused-ring (bicyclic) bond motifs is 1. The highest BCUT2D eigenvalue weighted by molar-refractivity contribution is 7.09. The lowest BCUT2D eigenvalue weighted by atomic mass is 10.3. The van der Waals surface area contributed by atoms with E-state index in [-0.39, 0.29) is 0 Å². The molecule has 3 rings (SSSR count). The van der Waals surface area contributed by atoms with Crippen LogP contribution in [0.4, 0.5) is 5.00 Å². The van der Waals surface area contributed by atoms with Crippen LogP contribution in [-0.4, -0.2) is 19.0 Å². The van der Waals surface area contributed by atoms with Gasteiger partial charge in [0.15, 0.2) is 0 Å². The molecule has 6 heteroatoms. The van der Waals surface area contributed by atoms with E-state index in [1.807, 2.05) is 31.3 Å². The summed E-state index contributed by atoms with van der Waals surface area (Å²) in [6, 6.07) is 6.00. The molecule has 17 heavy (non-hydrogen) atoms. The van der Waals surface area contributed by atoms with E-state index in [2.05, 4.69) is 24.3 Å². The predicted molar refractivity (Wildman–Crippen MR) is 67.2 cm³/mol. The molecule has 0 amide bonds. The molecule has 0 unspecified atom stereocenters. The van der Waals surface area contributed by atoms with E-state index < -0.39 is 0 Å². The third-order valence-electron chi connectivity index (χ3n) is 2.62. The number of rotatable bonds is 3. The molecular formula is C11H11N5S. The number of imidazole rings is 1. The van der Waals surface area contributed by atoms with E-state index in [9.17, 15) is 0 Å². The van der Waals surface area contributed by atoms with E-state index >= 15 is 0 Å². The highest BCUT2D eigenvalue weighted by Gasteiger charge is 2.07. The molecule has 5 nitrogen and oxygen atoms in total. The van der Waals surface area contributed by atoms with Crippen molar-refractivity contribution in [2.45, 2.75) is 13.5 Å². The summed E-state index contributed by atoms with van der Waals surface area (Å²) in [5, 5.41) is 8.05. The van der Waals surface area contributed by atoms with Gasteiger partial charge < -0.3 is 9.72 Å². The average Bonchev–Trinajstić information content (AvgIpc) is 2.93. The lowest BCUT2D eigenvalue weighted by Crippen LogP contribution is -2.02. The molecule has 0 bridgehead atoms. The van der Waals surface area contributed by atoms with Gasteiger partial charge in [0.25, 0.3) is 0 Å². The Morgan fingerprint density at radius 2 is 2.35 bits per heavy atom. The molecule has 3 aromatic rings. The zero-order valence-electron chi connectivity index (χ0n) is 9.29. The van der Waals surface area contributed by atoms with Crippen molar-refractivity contribution in [3.8, 4) is 0 Å². The Labute approximate surface area is 102 Å². The Morgan fingerprint density at radius 3 is 3.18 bits per heavy atom. The number of aryl methyl sites for hydroxylation is 1. The Morgan fingerprint density at radius 1 is 1.41 bits per heavy atom. The van der Waals surface area contributed by atoms with Gasteiger partial charge in [0, 0.05) is 17.7 Å². The minimum absolute atomic E-state index is 0.723. The lowest BCUT2D eigenvalue weighted by molar-refractivity contribution is 0.989. The summed E-state index contributed by atoms with van der Waals surface area (Å²) in [7, 11) is 0. The summed E-state index contributed by atoms with van der Waals surface area (Å²) in [5.41, 5.74) is 3.18. The average molecular weight is 245 g/mol. The van der Waals surface area contributed by atoms with Crippen molar-refractivity contribution < 1.29 is 0 Å². The summed E-state index contributed by atoms with van der Waals surface area (Å²) in [5.74, 6) is 0. The quantitative estimate of drug-likeness (QED) is 0.767. The predicted octanol–water partition coefficient (Wildman–Crippen LogP) is 2.11. The molecule has 0 saturated heterocycles. The van der Waals surface area contributed by atoms with Crippen molar-refractivity contribution in [3.05, 3.63) is 42.0 Å². The van der Waals surface area contributed by atoms with Crippen LogP contribution in [-0.2, 0) is 6.54 Å². The first-order valence-corrected chi connectivity index (χ1v) is 6.06. The normalized spacial score (nSPS) is 10.9. The van der Waals surface area contributed by atoms with Gasteiger partial charge in [0.1, 0.15) is 10.6 Å². The topological polar surface area (TPSA) is 55.1 Å². The summed E-state index contributed by atoms with van der Waals surface area (Å²) >= 11 is 1.35. The van der Waals surface area contributed by atoms with Gasteiger partial charge >= 0.3 is 0 Å². The number of anilines is 1. The van der Waals surface area contributed by atoms with Crippen molar-refractivity contribution in [2.24, 2.45) is 0 Å². The van der Waals surface area contributed by atoms with Crippen molar-refractivity contribution in [3.63, 3.8) is 0 Å². The van der Waals surface area contributed by atoms with Gasteiger partial charge in [0.05, 0.1) is 24.1 Å². The maximum Gasteiger partial charge on any atom is 0.137 e. The minimum Gasteiger partial charge on any atom is -0.369 e. The second kappa shape index (κ2) is 4.14. The van der Waals surface area contributed by atoms with Crippen LogP contribution in [0, 0.1) is 6.92 Å². The maximum atomic E-state index is 4.51. The summed E-state index contributed by atoms with van der Waals surface area (Å²) in [6.45, 7) is 2.75. The first kappa shape index (κ1) is 10.2. The first-order valence-electron chi connectivity index (χ1n) is 5.28. The van der Waals surface area contributed by atoms with Crippen LogP contribution in [0.25, 0.3) is 5.65 Å². The highest BCUT2D eigenvalue weighted by Crippen LogP contribution is 2.15. The lowest BCUT2D eigenvalue weighted by Gasteiger charge is -2.03. The van der Waals surface area contributed by atoms with E-state index in [0.29, 0.717) is 0 Å². The van der Waals surface area contributed by atoms with E-state index in [0.717, 1.165) is 28.6 Å². The van der Waals surface area contributed by atoms with Gasteiger partial charge in [0.2, 0.25) is 0 Å². The fourth-order valence-electron chi connectivity index (χ4n) is 1.79. The van der Waals surface area contributed by atoms with Gasteiger partial charge in [-0.2, -0.15) is 0 Å².